The van der Waals surface area contributed by atoms with E-state index in [1.807, 2.05) is 18.2 Å². The molecule has 1 unspecified atom stereocenters. The van der Waals surface area contributed by atoms with Gasteiger partial charge >= 0.3 is 0 Å². The first-order valence-corrected chi connectivity index (χ1v) is 7.68. The fraction of sp³-hybridized carbons (Fsp3) is 0.294. The summed E-state index contributed by atoms with van der Waals surface area (Å²) in [7, 11) is 0. The summed E-state index contributed by atoms with van der Waals surface area (Å²) >= 11 is 12.2. The summed E-state index contributed by atoms with van der Waals surface area (Å²) in [5.74, 6) is 0. The Hall–Kier alpha value is -1.02. The van der Waals surface area contributed by atoms with Gasteiger partial charge in [-0.25, -0.2) is 0 Å². The van der Waals surface area contributed by atoms with Crippen molar-refractivity contribution < 1.29 is 0 Å². The van der Waals surface area contributed by atoms with Crippen molar-refractivity contribution in [2.75, 3.05) is 6.54 Å². The van der Waals surface area contributed by atoms with E-state index in [4.69, 9.17) is 23.2 Å². The molecule has 0 heterocycles. The Morgan fingerprint density at radius 1 is 1.05 bits per heavy atom. The van der Waals surface area contributed by atoms with Crippen LogP contribution < -0.4 is 5.32 Å². The van der Waals surface area contributed by atoms with Crippen molar-refractivity contribution in [3.05, 3.63) is 69.7 Å². The molecule has 2 aromatic rings. The van der Waals surface area contributed by atoms with Crippen LogP contribution in [0.5, 0.6) is 0 Å². The lowest BCUT2D eigenvalue weighted by molar-refractivity contribution is 0.523. The Balaban J connectivity index is 1.95. The summed E-state index contributed by atoms with van der Waals surface area (Å²) in [5.41, 5.74) is 2.46. The summed E-state index contributed by atoms with van der Waals surface area (Å²) in [4.78, 5) is 0. The summed E-state index contributed by atoms with van der Waals surface area (Å²) in [6, 6.07) is 16.5. The average molecular weight is 308 g/mol. The van der Waals surface area contributed by atoms with E-state index in [-0.39, 0.29) is 6.04 Å². The highest BCUT2D eigenvalue weighted by Crippen LogP contribution is 2.27. The topological polar surface area (TPSA) is 12.0 Å². The Bertz CT molecular complexity index is 540. The van der Waals surface area contributed by atoms with Crippen LogP contribution in [0.25, 0.3) is 0 Å². The summed E-state index contributed by atoms with van der Waals surface area (Å²) in [6.45, 7) is 3.09. The SMILES string of the molecule is CCC(NCCc1ccccc1)c1ccc(Cl)cc1Cl. The second-order valence-corrected chi connectivity index (χ2v) is 5.66. The molecule has 0 aliphatic carbocycles. The Morgan fingerprint density at radius 2 is 1.80 bits per heavy atom. The molecule has 0 bridgehead atoms. The Morgan fingerprint density at radius 3 is 2.45 bits per heavy atom. The quantitative estimate of drug-likeness (QED) is 0.766. The number of hydrogen-bond acceptors (Lipinski definition) is 1. The minimum Gasteiger partial charge on any atom is -0.310 e. The largest absolute Gasteiger partial charge is 0.310 e. The highest BCUT2D eigenvalue weighted by molar-refractivity contribution is 6.35. The monoisotopic (exact) mass is 307 g/mol. The molecule has 0 spiro atoms. The lowest BCUT2D eigenvalue weighted by atomic mass is 10.0. The van der Waals surface area contributed by atoms with Crippen LogP contribution in [-0.4, -0.2) is 6.54 Å². The van der Waals surface area contributed by atoms with Gasteiger partial charge in [-0.2, -0.15) is 0 Å². The zero-order valence-corrected chi connectivity index (χ0v) is 13.1. The molecule has 2 rings (SSSR count). The number of rotatable bonds is 6. The first kappa shape index (κ1) is 15.4. The molecular formula is C17H19Cl2N. The summed E-state index contributed by atoms with van der Waals surface area (Å²) < 4.78 is 0. The maximum atomic E-state index is 6.27. The molecular weight excluding hydrogens is 289 g/mol. The molecule has 20 heavy (non-hydrogen) atoms. The normalized spacial score (nSPS) is 12.3. The molecule has 3 heteroatoms. The molecule has 0 fully saturated rings. The van der Waals surface area contributed by atoms with Crippen molar-refractivity contribution in [1.29, 1.82) is 0 Å². The number of halogens is 2. The van der Waals surface area contributed by atoms with Crippen LogP contribution in [0.3, 0.4) is 0 Å². The van der Waals surface area contributed by atoms with E-state index >= 15 is 0 Å². The van der Waals surface area contributed by atoms with E-state index in [1.54, 1.807) is 6.07 Å². The van der Waals surface area contributed by atoms with E-state index in [0.717, 1.165) is 30.0 Å². The van der Waals surface area contributed by atoms with E-state index < -0.39 is 0 Å². The predicted molar refractivity (Wildman–Crippen MR) is 87.6 cm³/mol. The van der Waals surface area contributed by atoms with Gasteiger partial charge in [-0.1, -0.05) is 66.5 Å². The van der Waals surface area contributed by atoms with Crippen LogP contribution in [0, 0.1) is 0 Å². The van der Waals surface area contributed by atoms with E-state index in [1.165, 1.54) is 5.56 Å². The van der Waals surface area contributed by atoms with Crippen LogP contribution in [0.1, 0.15) is 30.5 Å². The van der Waals surface area contributed by atoms with Crippen molar-refractivity contribution in [1.82, 2.24) is 5.32 Å². The van der Waals surface area contributed by atoms with Crippen LogP contribution in [0.4, 0.5) is 0 Å². The molecule has 0 radical (unpaired) electrons. The third kappa shape index (κ3) is 4.24. The maximum Gasteiger partial charge on any atom is 0.0468 e. The van der Waals surface area contributed by atoms with Crippen molar-refractivity contribution in [2.24, 2.45) is 0 Å². The maximum absolute atomic E-state index is 6.27. The first-order chi connectivity index (χ1) is 9.70. The van der Waals surface area contributed by atoms with Gasteiger partial charge in [0.05, 0.1) is 0 Å². The predicted octanol–water partition coefficient (Wildman–Crippen LogP) is 5.28. The molecule has 0 saturated carbocycles. The third-order valence-electron chi connectivity index (χ3n) is 3.39. The molecule has 1 atom stereocenters. The highest BCUT2D eigenvalue weighted by atomic mass is 35.5. The molecule has 1 nitrogen and oxygen atoms in total. The van der Waals surface area contributed by atoms with Gasteiger partial charge in [0, 0.05) is 16.1 Å². The van der Waals surface area contributed by atoms with Crippen LogP contribution in [-0.2, 0) is 6.42 Å². The van der Waals surface area contributed by atoms with Crippen molar-refractivity contribution in [3.8, 4) is 0 Å². The zero-order chi connectivity index (χ0) is 14.4. The van der Waals surface area contributed by atoms with Gasteiger partial charge in [-0.05, 0) is 42.6 Å². The van der Waals surface area contributed by atoms with Gasteiger partial charge in [0.1, 0.15) is 0 Å². The molecule has 0 aromatic heterocycles. The molecule has 0 saturated heterocycles. The van der Waals surface area contributed by atoms with Gasteiger partial charge in [0.15, 0.2) is 0 Å². The van der Waals surface area contributed by atoms with Gasteiger partial charge in [-0.3, -0.25) is 0 Å². The van der Waals surface area contributed by atoms with E-state index in [2.05, 4.69) is 36.5 Å². The van der Waals surface area contributed by atoms with Gasteiger partial charge in [0.25, 0.3) is 0 Å². The lowest BCUT2D eigenvalue weighted by Crippen LogP contribution is -2.23. The lowest BCUT2D eigenvalue weighted by Gasteiger charge is -2.19. The Labute approximate surface area is 130 Å². The molecule has 2 aromatic carbocycles. The molecule has 0 aliphatic heterocycles. The van der Waals surface area contributed by atoms with Crippen molar-refractivity contribution in [3.63, 3.8) is 0 Å². The molecule has 1 N–H and O–H groups in total. The second kappa shape index (κ2) is 7.68. The smallest absolute Gasteiger partial charge is 0.0468 e. The van der Waals surface area contributed by atoms with Gasteiger partial charge < -0.3 is 5.32 Å². The van der Waals surface area contributed by atoms with Crippen LogP contribution in [0.15, 0.2) is 48.5 Å². The fourth-order valence-electron chi connectivity index (χ4n) is 2.29. The van der Waals surface area contributed by atoms with Crippen molar-refractivity contribution >= 4 is 23.2 Å². The minimum atomic E-state index is 0.267. The number of nitrogens with one attached hydrogen (secondary N) is 1. The minimum absolute atomic E-state index is 0.267. The van der Waals surface area contributed by atoms with E-state index in [0.29, 0.717) is 5.02 Å². The average Bonchev–Trinajstić information content (AvgIpc) is 2.46. The molecule has 0 aliphatic rings. The standard InChI is InChI=1S/C17H19Cl2N/c1-2-17(15-9-8-14(18)12-16(15)19)20-11-10-13-6-4-3-5-7-13/h3-9,12,17,20H,2,10-11H2,1H3. The van der Waals surface area contributed by atoms with E-state index in [9.17, 15) is 0 Å². The zero-order valence-electron chi connectivity index (χ0n) is 11.6. The number of hydrogen-bond donors (Lipinski definition) is 1. The molecule has 0 amide bonds. The second-order valence-electron chi connectivity index (χ2n) is 4.82. The number of benzene rings is 2. The van der Waals surface area contributed by atoms with Crippen LogP contribution in [0.2, 0.25) is 10.0 Å². The highest BCUT2D eigenvalue weighted by Gasteiger charge is 2.12. The summed E-state index contributed by atoms with van der Waals surface area (Å²) in [5, 5.41) is 4.98. The molecule has 106 valence electrons. The summed E-state index contributed by atoms with van der Waals surface area (Å²) in [6.07, 6.45) is 2.01. The van der Waals surface area contributed by atoms with Gasteiger partial charge in [-0.15, -0.1) is 0 Å². The first-order valence-electron chi connectivity index (χ1n) is 6.93. The Kier molecular flexibility index (Phi) is 5.90. The fourth-order valence-corrected chi connectivity index (χ4v) is 2.83. The van der Waals surface area contributed by atoms with Crippen molar-refractivity contribution in [2.45, 2.75) is 25.8 Å². The third-order valence-corrected chi connectivity index (χ3v) is 3.96. The van der Waals surface area contributed by atoms with Gasteiger partial charge in [0.2, 0.25) is 0 Å². The van der Waals surface area contributed by atoms with Crippen LogP contribution >= 0.6 is 23.2 Å².